The molecule has 3 saturated carbocycles. The van der Waals surface area contributed by atoms with Crippen molar-refractivity contribution in [2.45, 2.75) is 131 Å². The van der Waals surface area contributed by atoms with Crippen LogP contribution in [-0.4, -0.2) is 23.3 Å². The molecule has 210 valence electrons. The zero-order chi connectivity index (χ0) is 27.0. The number of rotatable bonds is 1. The number of aliphatic hydroxyl groups is 1. The molecular formula is C35H52O3. The van der Waals surface area contributed by atoms with Gasteiger partial charge in [-0.3, -0.25) is 4.79 Å². The molecule has 38 heavy (non-hydrogen) atoms. The van der Waals surface area contributed by atoms with Crippen molar-refractivity contribution in [1.82, 2.24) is 0 Å². The van der Waals surface area contributed by atoms with Crippen LogP contribution < -0.4 is 0 Å². The first-order valence-electron chi connectivity index (χ1n) is 16.2. The standard InChI is InChI=1S/C35H52O3/c1-19(2)29-23-11-10-21(4)30-22-14-34(7,26(30)16-33(23,6)17-27(29)36)35(15-22)25-13-24-20(3)9-8-12-32(24,5)18-28(25)38-31(35)37/h19,21-23,25,27-29,36H,8-18H2,1-7H3/t21-,22-,23-,25+,27+,28-,29+,32-,33-,34-,35-/m0/s1. The highest BCUT2D eigenvalue weighted by Crippen LogP contribution is 2.77. The van der Waals surface area contributed by atoms with E-state index in [1.165, 1.54) is 32.1 Å². The zero-order valence-electron chi connectivity index (χ0n) is 25.2. The number of esters is 1. The van der Waals surface area contributed by atoms with Gasteiger partial charge in [0.25, 0.3) is 0 Å². The molecule has 4 fully saturated rings. The second kappa shape index (κ2) is 8.01. The summed E-state index contributed by atoms with van der Waals surface area (Å²) in [5, 5.41) is 11.3. The van der Waals surface area contributed by atoms with E-state index in [1.54, 1.807) is 22.3 Å². The number of ether oxygens (including phenoxy) is 1. The second-order valence-electron chi connectivity index (χ2n) is 16.5. The predicted molar refractivity (Wildman–Crippen MR) is 151 cm³/mol. The van der Waals surface area contributed by atoms with Gasteiger partial charge in [-0.1, -0.05) is 63.8 Å². The highest BCUT2D eigenvalue weighted by Gasteiger charge is 2.75. The monoisotopic (exact) mass is 520 g/mol. The molecule has 11 atom stereocenters. The third kappa shape index (κ3) is 3.04. The normalized spacial score (nSPS) is 53.6. The highest BCUT2D eigenvalue weighted by molar-refractivity contribution is 5.83. The first kappa shape index (κ1) is 25.8. The van der Waals surface area contributed by atoms with Gasteiger partial charge in [-0.25, -0.2) is 0 Å². The molecule has 2 bridgehead atoms. The average Bonchev–Trinajstić information content (AvgIpc) is 3.45. The van der Waals surface area contributed by atoms with Gasteiger partial charge in [-0.05, 0) is 118 Å². The van der Waals surface area contributed by atoms with Gasteiger partial charge in [-0.2, -0.15) is 0 Å². The molecule has 3 nitrogen and oxygen atoms in total. The topological polar surface area (TPSA) is 46.5 Å². The zero-order valence-corrected chi connectivity index (χ0v) is 25.2. The number of aliphatic hydroxyl groups excluding tert-OH is 1. The molecule has 3 heteroatoms. The Bertz CT molecular complexity index is 1130. The minimum Gasteiger partial charge on any atom is -0.462 e. The van der Waals surface area contributed by atoms with Crippen molar-refractivity contribution in [3.8, 4) is 0 Å². The Labute approximate surface area is 231 Å². The van der Waals surface area contributed by atoms with Crippen molar-refractivity contribution in [3.63, 3.8) is 0 Å². The van der Waals surface area contributed by atoms with Crippen molar-refractivity contribution < 1.29 is 14.6 Å². The number of hydrogen-bond donors (Lipinski definition) is 1. The average molecular weight is 521 g/mol. The Morgan fingerprint density at radius 3 is 2.50 bits per heavy atom. The van der Waals surface area contributed by atoms with E-state index in [2.05, 4.69) is 48.5 Å². The van der Waals surface area contributed by atoms with Crippen LogP contribution in [-0.2, 0) is 9.53 Å². The predicted octanol–water partition coefficient (Wildman–Crippen LogP) is 8.02. The lowest BCUT2D eigenvalue weighted by Gasteiger charge is -2.52. The van der Waals surface area contributed by atoms with Gasteiger partial charge in [0.2, 0.25) is 0 Å². The van der Waals surface area contributed by atoms with Crippen LogP contribution in [0.3, 0.4) is 0 Å². The van der Waals surface area contributed by atoms with Gasteiger partial charge in [0.05, 0.1) is 11.5 Å². The molecule has 0 unspecified atom stereocenters. The molecule has 1 spiro atoms. The fourth-order valence-electron chi connectivity index (χ4n) is 12.7. The van der Waals surface area contributed by atoms with Crippen molar-refractivity contribution >= 4 is 5.97 Å². The smallest absolute Gasteiger partial charge is 0.313 e. The summed E-state index contributed by atoms with van der Waals surface area (Å²) in [7, 11) is 0. The number of fused-ring (bicyclic) bond motifs is 9. The number of carbonyl (C=O) groups is 1. The van der Waals surface area contributed by atoms with E-state index in [9.17, 15) is 9.90 Å². The van der Waals surface area contributed by atoms with E-state index in [0.717, 1.165) is 38.5 Å². The van der Waals surface area contributed by atoms with E-state index in [1.807, 2.05) is 0 Å². The molecule has 7 rings (SSSR count). The number of allylic oxidation sites excluding steroid dienone is 4. The molecule has 0 radical (unpaired) electrons. The molecule has 1 N–H and O–H groups in total. The Balaban J connectivity index is 1.31. The van der Waals surface area contributed by atoms with E-state index < -0.39 is 0 Å². The van der Waals surface area contributed by atoms with Crippen LogP contribution in [0.1, 0.15) is 119 Å². The summed E-state index contributed by atoms with van der Waals surface area (Å²) in [5.74, 6) is 3.09. The van der Waals surface area contributed by atoms with Crippen molar-refractivity contribution in [1.29, 1.82) is 0 Å². The van der Waals surface area contributed by atoms with Gasteiger partial charge in [0.15, 0.2) is 0 Å². The minimum absolute atomic E-state index is 0.0929. The fraction of sp³-hybridized carbons (Fsp3) is 0.857. The van der Waals surface area contributed by atoms with E-state index in [4.69, 9.17) is 4.74 Å². The van der Waals surface area contributed by atoms with Gasteiger partial charge in [0.1, 0.15) is 6.10 Å². The molecule has 1 heterocycles. The summed E-state index contributed by atoms with van der Waals surface area (Å²) >= 11 is 0. The van der Waals surface area contributed by atoms with Gasteiger partial charge in [-0.15, -0.1) is 0 Å². The molecular weight excluding hydrogens is 468 g/mol. The third-order valence-electron chi connectivity index (χ3n) is 14.2. The largest absolute Gasteiger partial charge is 0.462 e. The van der Waals surface area contributed by atoms with Crippen LogP contribution in [0.5, 0.6) is 0 Å². The van der Waals surface area contributed by atoms with Gasteiger partial charge < -0.3 is 9.84 Å². The third-order valence-corrected chi connectivity index (χ3v) is 14.2. The first-order chi connectivity index (χ1) is 17.8. The summed E-state index contributed by atoms with van der Waals surface area (Å²) in [5.41, 5.74) is 6.55. The van der Waals surface area contributed by atoms with E-state index in [-0.39, 0.29) is 39.8 Å². The summed E-state index contributed by atoms with van der Waals surface area (Å²) in [6, 6.07) is 0. The summed E-state index contributed by atoms with van der Waals surface area (Å²) in [4.78, 5) is 14.3. The summed E-state index contributed by atoms with van der Waals surface area (Å²) in [6.45, 7) is 16.9. The van der Waals surface area contributed by atoms with Gasteiger partial charge >= 0.3 is 5.97 Å². The van der Waals surface area contributed by atoms with Gasteiger partial charge in [0, 0.05) is 11.3 Å². The lowest BCUT2D eigenvalue weighted by atomic mass is 9.48. The van der Waals surface area contributed by atoms with Crippen molar-refractivity contribution in [2.75, 3.05) is 0 Å². The number of hydrogen-bond acceptors (Lipinski definition) is 3. The Morgan fingerprint density at radius 2 is 1.76 bits per heavy atom. The quantitative estimate of drug-likeness (QED) is 0.281. The van der Waals surface area contributed by atoms with Crippen LogP contribution in [0.2, 0.25) is 0 Å². The fourth-order valence-corrected chi connectivity index (χ4v) is 12.7. The lowest BCUT2D eigenvalue weighted by molar-refractivity contribution is -0.153. The highest BCUT2D eigenvalue weighted by atomic mass is 16.6. The maximum absolute atomic E-state index is 14.3. The van der Waals surface area contributed by atoms with Crippen molar-refractivity contribution in [2.24, 2.45) is 57.2 Å². The van der Waals surface area contributed by atoms with Crippen molar-refractivity contribution in [3.05, 3.63) is 22.3 Å². The molecule has 7 aliphatic rings. The number of carbonyl (C=O) groups excluding carboxylic acids is 1. The second-order valence-corrected chi connectivity index (χ2v) is 16.5. The molecule has 0 amide bonds. The molecule has 0 aromatic rings. The molecule has 1 saturated heterocycles. The lowest BCUT2D eigenvalue weighted by Crippen LogP contribution is -2.50. The Kier molecular flexibility index (Phi) is 5.45. The maximum atomic E-state index is 14.3. The Hall–Kier alpha value is -1.09. The molecule has 1 aliphatic heterocycles. The van der Waals surface area contributed by atoms with E-state index in [0.29, 0.717) is 35.5 Å². The maximum Gasteiger partial charge on any atom is 0.313 e. The summed E-state index contributed by atoms with van der Waals surface area (Å²) in [6.07, 6.45) is 12.4. The summed E-state index contributed by atoms with van der Waals surface area (Å²) < 4.78 is 6.49. The molecule has 0 aromatic heterocycles. The van der Waals surface area contributed by atoms with Crippen LogP contribution in [0, 0.1) is 57.2 Å². The minimum atomic E-state index is -0.354. The molecule has 0 aromatic carbocycles. The Morgan fingerprint density at radius 1 is 1.00 bits per heavy atom. The van der Waals surface area contributed by atoms with Crippen LogP contribution >= 0.6 is 0 Å². The SMILES string of the molecule is CC1=C2C[C@@H]3[C@H](C[C@]2(C)CCC1)OC(=O)[C@]31C[C@@H]2C[C@@]1(C)C1=C2[C@@H](C)CC[C@H]2[C@@H](C(C)C)[C@H](O)C[C@]2(C)C1. The van der Waals surface area contributed by atoms with Crippen LogP contribution in [0.15, 0.2) is 22.3 Å². The van der Waals surface area contributed by atoms with Crippen LogP contribution in [0.25, 0.3) is 0 Å². The van der Waals surface area contributed by atoms with Crippen LogP contribution in [0.4, 0.5) is 0 Å². The van der Waals surface area contributed by atoms with E-state index >= 15 is 0 Å². The first-order valence-corrected chi connectivity index (χ1v) is 16.2. The molecule has 6 aliphatic carbocycles.